The zero-order valence-corrected chi connectivity index (χ0v) is 17.5. The number of halogens is 2. The molecule has 8 heteroatoms. The number of nitrogens with zero attached hydrogens (tertiary/aromatic N) is 2. The second-order valence-electron chi connectivity index (χ2n) is 7.80. The van der Waals surface area contributed by atoms with Crippen molar-refractivity contribution >= 4 is 23.8 Å². The van der Waals surface area contributed by atoms with Gasteiger partial charge in [-0.25, -0.2) is 9.38 Å². The van der Waals surface area contributed by atoms with Gasteiger partial charge in [0.1, 0.15) is 17.7 Å². The van der Waals surface area contributed by atoms with Crippen LogP contribution in [0, 0.1) is 11.7 Å². The fourth-order valence-corrected chi connectivity index (χ4v) is 4.31. The molecule has 2 aromatic rings. The van der Waals surface area contributed by atoms with Crippen LogP contribution in [0.2, 0.25) is 5.02 Å². The molecule has 0 saturated carbocycles. The molecule has 30 heavy (non-hydrogen) atoms. The third-order valence-corrected chi connectivity index (χ3v) is 5.90. The standard InChI is InChI=1S/C22H23ClFN3O3/c1-27(2)21(25)26-22(12-28)17-9-13(14-7-15(23)10-16(24)8-14)3-4-19(17)30-20-5-6-29-11-18(20)22/h3-4,7-10,12,18,20H,5-6,11H2,1-2H3,(H2,25,26). The Kier molecular flexibility index (Phi) is 5.42. The fourth-order valence-electron chi connectivity index (χ4n) is 4.09. The topological polar surface area (TPSA) is 77.2 Å². The van der Waals surface area contributed by atoms with E-state index in [1.807, 2.05) is 6.07 Å². The Morgan fingerprint density at radius 1 is 1.30 bits per heavy atom. The summed E-state index contributed by atoms with van der Waals surface area (Å²) < 4.78 is 25.8. The van der Waals surface area contributed by atoms with E-state index in [1.54, 1.807) is 37.2 Å². The van der Waals surface area contributed by atoms with Crippen molar-refractivity contribution in [2.75, 3.05) is 27.3 Å². The summed E-state index contributed by atoms with van der Waals surface area (Å²) in [5, 5.41) is 0.288. The summed E-state index contributed by atoms with van der Waals surface area (Å²) in [6.07, 6.45) is 1.25. The summed E-state index contributed by atoms with van der Waals surface area (Å²) in [5.41, 5.74) is 6.73. The highest BCUT2D eigenvalue weighted by molar-refractivity contribution is 6.30. The Labute approximate surface area is 179 Å². The third-order valence-electron chi connectivity index (χ3n) is 5.68. The van der Waals surface area contributed by atoms with Crippen molar-refractivity contribution in [3.8, 4) is 16.9 Å². The minimum absolute atomic E-state index is 0.218. The van der Waals surface area contributed by atoms with Gasteiger partial charge in [0.15, 0.2) is 17.8 Å². The number of carbonyl (C=O) groups excluding carboxylic acids is 1. The maximum atomic E-state index is 13.9. The first kappa shape index (κ1) is 20.6. The molecule has 2 N–H and O–H groups in total. The molecule has 0 spiro atoms. The summed E-state index contributed by atoms with van der Waals surface area (Å²) in [7, 11) is 3.52. The molecule has 1 saturated heterocycles. The van der Waals surface area contributed by atoms with Gasteiger partial charge < -0.3 is 24.9 Å². The molecule has 4 rings (SSSR count). The van der Waals surface area contributed by atoms with E-state index in [2.05, 4.69) is 4.99 Å². The molecule has 3 unspecified atom stereocenters. The first-order chi connectivity index (χ1) is 14.3. The van der Waals surface area contributed by atoms with Crippen LogP contribution in [0.15, 0.2) is 41.4 Å². The van der Waals surface area contributed by atoms with Crippen molar-refractivity contribution in [1.29, 1.82) is 0 Å². The van der Waals surface area contributed by atoms with E-state index >= 15 is 0 Å². The lowest BCUT2D eigenvalue weighted by Gasteiger charge is -2.45. The smallest absolute Gasteiger partial charge is 0.192 e. The van der Waals surface area contributed by atoms with Crippen LogP contribution < -0.4 is 10.5 Å². The number of fused-ring (bicyclic) bond motifs is 2. The first-order valence-electron chi connectivity index (χ1n) is 9.68. The molecule has 3 atom stereocenters. The van der Waals surface area contributed by atoms with Crippen LogP contribution in [0.25, 0.3) is 11.1 Å². The van der Waals surface area contributed by atoms with E-state index < -0.39 is 11.4 Å². The average Bonchev–Trinajstić information content (AvgIpc) is 2.72. The minimum Gasteiger partial charge on any atom is -0.489 e. The van der Waals surface area contributed by atoms with Crippen LogP contribution >= 0.6 is 11.6 Å². The van der Waals surface area contributed by atoms with Crippen molar-refractivity contribution in [2.24, 2.45) is 16.6 Å². The van der Waals surface area contributed by atoms with Crippen molar-refractivity contribution in [2.45, 2.75) is 18.1 Å². The summed E-state index contributed by atoms with van der Waals surface area (Å²) >= 11 is 6.04. The number of carbonyl (C=O) groups is 1. The van der Waals surface area contributed by atoms with Crippen LogP contribution in [0.1, 0.15) is 12.0 Å². The molecule has 0 bridgehead atoms. The minimum atomic E-state index is -1.28. The van der Waals surface area contributed by atoms with Gasteiger partial charge in [-0.2, -0.15) is 0 Å². The summed E-state index contributed by atoms with van der Waals surface area (Å²) in [6, 6.07) is 9.71. The number of benzene rings is 2. The number of aliphatic imine (C=N–C) groups is 1. The molecule has 1 fully saturated rings. The largest absolute Gasteiger partial charge is 0.489 e. The van der Waals surface area contributed by atoms with E-state index in [1.165, 1.54) is 12.1 Å². The normalized spacial score (nSPS) is 25.7. The van der Waals surface area contributed by atoms with Crippen molar-refractivity contribution in [3.05, 3.63) is 52.8 Å². The quantitative estimate of drug-likeness (QED) is 0.458. The zero-order chi connectivity index (χ0) is 21.5. The number of aldehydes is 1. The van der Waals surface area contributed by atoms with Crippen molar-refractivity contribution in [1.82, 2.24) is 4.90 Å². The molecule has 2 aliphatic rings. The SMILES string of the molecule is CN(C)C(N)=NC1(C=O)c2cc(-c3cc(F)cc(Cl)c3)ccc2OC2CCOCC21. The molecule has 0 amide bonds. The van der Waals surface area contributed by atoms with E-state index in [-0.39, 0.29) is 23.0 Å². The predicted molar refractivity (Wildman–Crippen MR) is 113 cm³/mol. The first-order valence-corrected chi connectivity index (χ1v) is 10.1. The average molecular weight is 432 g/mol. The van der Waals surface area contributed by atoms with E-state index in [9.17, 15) is 9.18 Å². The van der Waals surface area contributed by atoms with Gasteiger partial charge in [0.2, 0.25) is 0 Å². The Bertz CT molecular complexity index is 993. The van der Waals surface area contributed by atoms with Gasteiger partial charge in [0, 0.05) is 31.1 Å². The van der Waals surface area contributed by atoms with Crippen LogP contribution in [0.3, 0.4) is 0 Å². The molecular weight excluding hydrogens is 409 g/mol. The third kappa shape index (κ3) is 3.52. The molecule has 0 radical (unpaired) electrons. The lowest BCUT2D eigenvalue weighted by molar-refractivity contribution is -0.124. The maximum absolute atomic E-state index is 13.9. The van der Waals surface area contributed by atoms with Gasteiger partial charge in [-0.05, 0) is 41.5 Å². The van der Waals surface area contributed by atoms with E-state index in [0.717, 1.165) is 6.29 Å². The Morgan fingerprint density at radius 2 is 2.10 bits per heavy atom. The highest BCUT2D eigenvalue weighted by Gasteiger charge is 2.52. The van der Waals surface area contributed by atoms with Crippen molar-refractivity contribution in [3.63, 3.8) is 0 Å². The van der Waals surface area contributed by atoms with Crippen LogP contribution in [0.4, 0.5) is 4.39 Å². The monoisotopic (exact) mass is 431 g/mol. The second kappa shape index (κ2) is 7.89. The number of hydrogen-bond acceptors (Lipinski definition) is 4. The second-order valence-corrected chi connectivity index (χ2v) is 8.24. The fraction of sp³-hybridized carbons (Fsp3) is 0.364. The van der Waals surface area contributed by atoms with Crippen LogP contribution in [-0.2, 0) is 15.1 Å². The van der Waals surface area contributed by atoms with Gasteiger partial charge in [-0.15, -0.1) is 0 Å². The maximum Gasteiger partial charge on any atom is 0.192 e. The Balaban J connectivity index is 1.93. The van der Waals surface area contributed by atoms with Gasteiger partial charge >= 0.3 is 0 Å². The summed E-state index contributed by atoms with van der Waals surface area (Å²) in [6.45, 7) is 0.876. The van der Waals surface area contributed by atoms with Crippen LogP contribution in [-0.4, -0.2) is 50.6 Å². The number of ether oxygens (including phenoxy) is 2. The Hall–Kier alpha value is -2.64. The number of nitrogens with two attached hydrogens (primary N) is 1. The molecule has 6 nitrogen and oxygen atoms in total. The van der Waals surface area contributed by atoms with Gasteiger partial charge in [-0.1, -0.05) is 17.7 Å². The molecule has 0 aliphatic carbocycles. The van der Waals surface area contributed by atoms with Gasteiger partial charge in [0.05, 0.1) is 19.1 Å². The Morgan fingerprint density at radius 3 is 2.80 bits per heavy atom. The molecule has 158 valence electrons. The van der Waals surface area contributed by atoms with Crippen LogP contribution in [0.5, 0.6) is 5.75 Å². The van der Waals surface area contributed by atoms with Gasteiger partial charge in [0.25, 0.3) is 0 Å². The molecular formula is C22H23ClFN3O3. The predicted octanol–water partition coefficient (Wildman–Crippen LogP) is 3.21. The summed E-state index contributed by atoms with van der Waals surface area (Å²) in [4.78, 5) is 19.0. The number of rotatable bonds is 3. The van der Waals surface area contributed by atoms with E-state index in [4.69, 9.17) is 26.8 Å². The lowest BCUT2D eigenvalue weighted by Crippen LogP contribution is -2.54. The molecule has 2 aromatic carbocycles. The summed E-state index contributed by atoms with van der Waals surface area (Å²) in [5.74, 6) is 0.00937. The highest BCUT2D eigenvalue weighted by atomic mass is 35.5. The number of guanidine groups is 1. The van der Waals surface area contributed by atoms with E-state index in [0.29, 0.717) is 42.1 Å². The number of hydrogen-bond donors (Lipinski definition) is 1. The lowest BCUT2D eigenvalue weighted by atomic mass is 9.72. The molecule has 2 aliphatic heterocycles. The zero-order valence-electron chi connectivity index (χ0n) is 16.8. The molecule has 0 aromatic heterocycles. The van der Waals surface area contributed by atoms with Gasteiger partial charge in [-0.3, -0.25) is 0 Å². The highest BCUT2D eigenvalue weighted by Crippen LogP contribution is 2.48. The van der Waals surface area contributed by atoms with Crippen molar-refractivity contribution < 1.29 is 18.7 Å². The molecule has 2 heterocycles.